The van der Waals surface area contributed by atoms with E-state index in [0.717, 1.165) is 5.56 Å². The van der Waals surface area contributed by atoms with Gasteiger partial charge in [0, 0.05) is 25.2 Å². The average Bonchev–Trinajstić information content (AvgIpc) is 2.33. The predicted molar refractivity (Wildman–Crippen MR) is 77.2 cm³/mol. The topological polar surface area (TPSA) is 55.6 Å². The van der Waals surface area contributed by atoms with Crippen LogP contribution in [0.15, 0.2) is 18.2 Å². The van der Waals surface area contributed by atoms with Crippen molar-refractivity contribution in [3.05, 3.63) is 29.6 Å². The van der Waals surface area contributed by atoms with E-state index in [4.69, 9.17) is 10.5 Å². The van der Waals surface area contributed by atoms with E-state index in [-0.39, 0.29) is 30.4 Å². The first-order valence-corrected chi connectivity index (χ1v) is 6.73. The molecule has 1 aromatic rings. The van der Waals surface area contributed by atoms with E-state index in [0.29, 0.717) is 12.2 Å². The number of ether oxygens (including phenoxy) is 1. The van der Waals surface area contributed by atoms with Crippen molar-refractivity contribution < 1.29 is 13.9 Å². The van der Waals surface area contributed by atoms with Crippen LogP contribution in [-0.2, 0) is 11.2 Å². The van der Waals surface area contributed by atoms with Gasteiger partial charge >= 0.3 is 0 Å². The molecule has 1 rings (SSSR count). The molecule has 1 unspecified atom stereocenters. The van der Waals surface area contributed by atoms with E-state index in [1.807, 2.05) is 20.8 Å². The van der Waals surface area contributed by atoms with Crippen LogP contribution >= 0.6 is 0 Å². The SMILES string of the molecule is CC(N)Cc1cc(F)cc(OCC(=O)N(C)C(C)C)c1. The third-order valence-corrected chi connectivity index (χ3v) is 3.02. The highest BCUT2D eigenvalue weighted by molar-refractivity contribution is 5.77. The van der Waals surface area contributed by atoms with Crippen molar-refractivity contribution >= 4 is 5.91 Å². The van der Waals surface area contributed by atoms with Crippen LogP contribution in [-0.4, -0.2) is 36.5 Å². The number of nitrogens with two attached hydrogens (primary N) is 1. The number of benzene rings is 1. The third kappa shape index (κ3) is 5.17. The smallest absolute Gasteiger partial charge is 0.260 e. The van der Waals surface area contributed by atoms with Crippen molar-refractivity contribution in [3.8, 4) is 5.75 Å². The molecule has 0 fully saturated rings. The summed E-state index contributed by atoms with van der Waals surface area (Å²) in [6.07, 6.45) is 0.563. The van der Waals surface area contributed by atoms with Crippen molar-refractivity contribution in [1.29, 1.82) is 0 Å². The standard InChI is InChI=1S/C15H23FN2O2/c1-10(2)18(4)15(19)9-20-14-7-12(5-11(3)17)6-13(16)8-14/h6-8,10-11H,5,9,17H2,1-4H3. The molecule has 0 heterocycles. The summed E-state index contributed by atoms with van der Waals surface area (Å²) in [4.78, 5) is 13.4. The van der Waals surface area contributed by atoms with Gasteiger partial charge in [-0.25, -0.2) is 4.39 Å². The van der Waals surface area contributed by atoms with Crippen molar-refractivity contribution in [1.82, 2.24) is 4.90 Å². The molecule has 1 atom stereocenters. The molecule has 0 bridgehead atoms. The Morgan fingerprint density at radius 1 is 1.35 bits per heavy atom. The molecular formula is C15H23FN2O2. The number of halogens is 1. The summed E-state index contributed by atoms with van der Waals surface area (Å²) < 4.78 is 18.8. The van der Waals surface area contributed by atoms with Gasteiger partial charge in [0.1, 0.15) is 11.6 Å². The molecule has 1 amide bonds. The summed E-state index contributed by atoms with van der Waals surface area (Å²) in [6, 6.07) is 4.46. The van der Waals surface area contributed by atoms with E-state index in [1.165, 1.54) is 12.1 Å². The maximum absolute atomic E-state index is 13.5. The van der Waals surface area contributed by atoms with Crippen LogP contribution in [0.4, 0.5) is 4.39 Å². The van der Waals surface area contributed by atoms with Gasteiger partial charge < -0.3 is 15.4 Å². The fraction of sp³-hybridized carbons (Fsp3) is 0.533. The summed E-state index contributed by atoms with van der Waals surface area (Å²) in [5.41, 5.74) is 6.46. The van der Waals surface area contributed by atoms with Crippen LogP contribution in [0.2, 0.25) is 0 Å². The Bertz CT molecular complexity index is 461. The van der Waals surface area contributed by atoms with Gasteiger partial charge in [0.05, 0.1) is 0 Å². The Labute approximate surface area is 119 Å². The molecule has 0 saturated carbocycles. The first-order chi connectivity index (χ1) is 9.29. The predicted octanol–water partition coefficient (Wildman–Crippen LogP) is 1.96. The van der Waals surface area contributed by atoms with E-state index < -0.39 is 0 Å². The van der Waals surface area contributed by atoms with Crippen LogP contribution in [0.25, 0.3) is 0 Å². The molecule has 0 radical (unpaired) electrons. The zero-order valence-electron chi connectivity index (χ0n) is 12.5. The van der Waals surface area contributed by atoms with E-state index in [9.17, 15) is 9.18 Å². The number of carbonyl (C=O) groups excluding carboxylic acids is 1. The van der Waals surface area contributed by atoms with Crippen LogP contribution in [0.5, 0.6) is 5.75 Å². The first kappa shape index (κ1) is 16.4. The second kappa shape index (κ2) is 7.24. The Morgan fingerprint density at radius 2 is 2.00 bits per heavy atom. The van der Waals surface area contributed by atoms with E-state index in [1.54, 1.807) is 18.0 Å². The van der Waals surface area contributed by atoms with Gasteiger partial charge in [-0.1, -0.05) is 0 Å². The van der Waals surface area contributed by atoms with Gasteiger partial charge in [-0.2, -0.15) is 0 Å². The lowest BCUT2D eigenvalue weighted by Crippen LogP contribution is -2.36. The normalized spacial score (nSPS) is 12.3. The highest BCUT2D eigenvalue weighted by Gasteiger charge is 2.13. The van der Waals surface area contributed by atoms with Crippen LogP contribution in [0, 0.1) is 5.82 Å². The lowest BCUT2D eigenvalue weighted by molar-refractivity contribution is -0.133. The number of hydrogen-bond donors (Lipinski definition) is 1. The van der Waals surface area contributed by atoms with Gasteiger partial charge in [0.15, 0.2) is 6.61 Å². The Hall–Kier alpha value is -1.62. The Balaban J connectivity index is 2.68. The van der Waals surface area contributed by atoms with Crippen molar-refractivity contribution in [2.24, 2.45) is 5.73 Å². The molecule has 20 heavy (non-hydrogen) atoms. The van der Waals surface area contributed by atoms with Gasteiger partial charge in [-0.05, 0) is 44.9 Å². The number of likely N-dealkylation sites (N-methyl/N-ethyl adjacent to an activating group) is 1. The number of rotatable bonds is 6. The maximum Gasteiger partial charge on any atom is 0.260 e. The molecule has 112 valence electrons. The molecule has 0 aliphatic heterocycles. The number of amides is 1. The minimum Gasteiger partial charge on any atom is -0.484 e. The van der Waals surface area contributed by atoms with Crippen LogP contribution < -0.4 is 10.5 Å². The summed E-state index contributed by atoms with van der Waals surface area (Å²) in [5, 5.41) is 0. The second-order valence-corrected chi connectivity index (χ2v) is 5.36. The molecule has 5 heteroatoms. The minimum absolute atomic E-state index is 0.0571. The summed E-state index contributed by atoms with van der Waals surface area (Å²) >= 11 is 0. The number of carbonyl (C=O) groups is 1. The molecule has 0 aromatic heterocycles. The summed E-state index contributed by atoms with van der Waals surface area (Å²) in [6.45, 7) is 5.59. The molecule has 0 aliphatic rings. The minimum atomic E-state index is -0.386. The third-order valence-electron chi connectivity index (χ3n) is 3.02. The summed E-state index contributed by atoms with van der Waals surface area (Å²) in [7, 11) is 1.71. The molecule has 4 nitrogen and oxygen atoms in total. The number of nitrogens with zero attached hydrogens (tertiary/aromatic N) is 1. The largest absolute Gasteiger partial charge is 0.484 e. The Morgan fingerprint density at radius 3 is 2.55 bits per heavy atom. The van der Waals surface area contributed by atoms with Gasteiger partial charge in [-0.3, -0.25) is 4.79 Å². The van der Waals surface area contributed by atoms with Gasteiger partial charge in [0.25, 0.3) is 5.91 Å². The lowest BCUT2D eigenvalue weighted by atomic mass is 10.1. The molecule has 0 spiro atoms. The zero-order chi connectivity index (χ0) is 15.3. The van der Waals surface area contributed by atoms with Crippen LogP contribution in [0.3, 0.4) is 0 Å². The lowest BCUT2D eigenvalue weighted by Gasteiger charge is -2.21. The molecule has 1 aromatic carbocycles. The monoisotopic (exact) mass is 282 g/mol. The van der Waals surface area contributed by atoms with Gasteiger partial charge in [-0.15, -0.1) is 0 Å². The fourth-order valence-electron chi connectivity index (χ4n) is 1.73. The van der Waals surface area contributed by atoms with E-state index in [2.05, 4.69) is 0 Å². The maximum atomic E-state index is 13.5. The average molecular weight is 282 g/mol. The molecule has 2 N–H and O–H groups in total. The highest BCUT2D eigenvalue weighted by Crippen LogP contribution is 2.17. The quantitative estimate of drug-likeness (QED) is 0.867. The van der Waals surface area contributed by atoms with Gasteiger partial charge in [0.2, 0.25) is 0 Å². The second-order valence-electron chi connectivity index (χ2n) is 5.36. The first-order valence-electron chi connectivity index (χ1n) is 6.73. The Kier molecular flexibility index (Phi) is 5.95. The molecular weight excluding hydrogens is 259 g/mol. The van der Waals surface area contributed by atoms with Crippen molar-refractivity contribution in [2.45, 2.75) is 39.3 Å². The molecule has 0 aliphatic carbocycles. The van der Waals surface area contributed by atoms with Crippen molar-refractivity contribution in [2.75, 3.05) is 13.7 Å². The molecule has 0 saturated heterocycles. The zero-order valence-corrected chi connectivity index (χ0v) is 12.5. The van der Waals surface area contributed by atoms with E-state index >= 15 is 0 Å². The summed E-state index contributed by atoms with van der Waals surface area (Å²) in [5.74, 6) is -0.174. The highest BCUT2D eigenvalue weighted by atomic mass is 19.1. The van der Waals surface area contributed by atoms with Crippen molar-refractivity contribution in [3.63, 3.8) is 0 Å². The fourth-order valence-corrected chi connectivity index (χ4v) is 1.73. The number of hydrogen-bond acceptors (Lipinski definition) is 3. The van der Waals surface area contributed by atoms with Crippen LogP contribution in [0.1, 0.15) is 26.3 Å².